The van der Waals surface area contributed by atoms with Crippen LogP contribution in [0.1, 0.15) is 54.4 Å². The van der Waals surface area contributed by atoms with Gasteiger partial charge in [-0.1, -0.05) is 18.1 Å². The molecule has 2 amide bonds. The monoisotopic (exact) mass is 505 g/mol. The molecule has 0 radical (unpaired) electrons. The van der Waals surface area contributed by atoms with Gasteiger partial charge in [-0.2, -0.15) is 0 Å². The Morgan fingerprint density at radius 1 is 1.11 bits per heavy atom. The van der Waals surface area contributed by atoms with Crippen LogP contribution in [0.25, 0.3) is 16.8 Å². The maximum absolute atomic E-state index is 13.1. The van der Waals surface area contributed by atoms with Crippen LogP contribution in [0, 0.1) is 18.8 Å². The summed E-state index contributed by atoms with van der Waals surface area (Å²) in [4.78, 5) is 41.4. The summed E-state index contributed by atoms with van der Waals surface area (Å²) in [5.41, 5.74) is 9.49. The lowest BCUT2D eigenvalue weighted by atomic mass is 9.87. The van der Waals surface area contributed by atoms with Crippen molar-refractivity contribution >= 4 is 29.0 Å². The second-order valence-corrected chi connectivity index (χ2v) is 9.88. The number of aryl methyl sites for hydroxylation is 1. The van der Waals surface area contributed by atoms with E-state index in [0.717, 1.165) is 42.6 Å². The molecule has 2 bridgehead atoms. The Labute approximate surface area is 220 Å². The van der Waals surface area contributed by atoms with Crippen molar-refractivity contribution < 1.29 is 9.59 Å². The van der Waals surface area contributed by atoms with Gasteiger partial charge in [-0.15, -0.1) is 0 Å². The maximum atomic E-state index is 13.1. The van der Waals surface area contributed by atoms with Gasteiger partial charge in [0.2, 0.25) is 0 Å². The largest absolute Gasteiger partial charge is 0.382 e. The lowest BCUT2D eigenvalue weighted by molar-refractivity contribution is -0.129. The molecule has 5 heterocycles. The Hall–Kier alpha value is -4.71. The number of imidazole rings is 1. The van der Waals surface area contributed by atoms with Crippen LogP contribution >= 0.6 is 0 Å². The molecular formula is C29H27N7O2. The summed E-state index contributed by atoms with van der Waals surface area (Å²) in [5, 5.41) is 2.83. The van der Waals surface area contributed by atoms with E-state index in [-0.39, 0.29) is 17.9 Å². The minimum atomic E-state index is -0.540. The van der Waals surface area contributed by atoms with Crippen molar-refractivity contribution in [3.8, 4) is 23.1 Å². The zero-order valence-electron chi connectivity index (χ0n) is 21.2. The van der Waals surface area contributed by atoms with Crippen LogP contribution in [-0.4, -0.2) is 42.1 Å². The highest BCUT2D eigenvalue weighted by Crippen LogP contribution is 2.53. The number of hydrogen-bond acceptors (Lipinski definition) is 6. The van der Waals surface area contributed by atoms with Gasteiger partial charge in [-0.25, -0.2) is 15.0 Å². The number of anilines is 2. The van der Waals surface area contributed by atoms with E-state index in [1.807, 2.05) is 46.7 Å². The van der Waals surface area contributed by atoms with Crippen LogP contribution in [0.4, 0.5) is 11.6 Å². The third kappa shape index (κ3) is 3.68. The molecule has 3 aromatic heterocycles. The molecule has 2 saturated heterocycles. The normalized spacial score (nSPS) is 19.8. The maximum Gasteiger partial charge on any atom is 0.299 e. The lowest BCUT2D eigenvalue weighted by Crippen LogP contribution is -2.43. The summed E-state index contributed by atoms with van der Waals surface area (Å²) >= 11 is 0. The van der Waals surface area contributed by atoms with Crippen LogP contribution < -0.4 is 11.1 Å². The molecule has 38 heavy (non-hydrogen) atoms. The van der Waals surface area contributed by atoms with Crippen molar-refractivity contribution in [3.63, 3.8) is 0 Å². The van der Waals surface area contributed by atoms with Gasteiger partial charge in [-0.05, 0) is 75.3 Å². The smallest absolute Gasteiger partial charge is 0.299 e. The van der Waals surface area contributed by atoms with Gasteiger partial charge < -0.3 is 16.0 Å². The highest BCUT2D eigenvalue weighted by atomic mass is 16.2. The number of nitrogens with zero attached hydrogens (tertiary/aromatic N) is 5. The fourth-order valence-electron chi connectivity index (χ4n) is 5.95. The molecule has 0 aliphatic carbocycles. The molecule has 0 unspecified atom stereocenters. The summed E-state index contributed by atoms with van der Waals surface area (Å²) < 4.78 is 1.97. The number of nitrogen functional groups attached to an aromatic ring is 1. The molecule has 4 aromatic rings. The second kappa shape index (κ2) is 8.99. The van der Waals surface area contributed by atoms with E-state index >= 15 is 0 Å². The quantitative estimate of drug-likeness (QED) is 0.406. The molecule has 1 aromatic carbocycles. The molecule has 0 atom stereocenters. The fraction of sp³-hybridized carbons (Fsp3) is 0.276. The molecule has 0 spiro atoms. The highest BCUT2D eigenvalue weighted by molar-refractivity contribution is 6.04. The van der Waals surface area contributed by atoms with Crippen molar-refractivity contribution in [1.29, 1.82) is 0 Å². The van der Waals surface area contributed by atoms with Crippen molar-refractivity contribution in [2.75, 3.05) is 11.1 Å². The van der Waals surface area contributed by atoms with Crippen LogP contribution in [0.3, 0.4) is 0 Å². The summed E-state index contributed by atoms with van der Waals surface area (Å²) in [6, 6.07) is 11.1. The number of hydrogen-bond donors (Lipinski definition) is 2. The Balaban J connectivity index is 1.39. The average molecular weight is 506 g/mol. The lowest BCUT2D eigenvalue weighted by Gasteiger charge is -2.32. The molecule has 2 fully saturated rings. The number of benzene rings is 1. The molecule has 0 saturated carbocycles. The topological polar surface area (TPSA) is 119 Å². The summed E-state index contributed by atoms with van der Waals surface area (Å²) in [6.45, 7) is 3.62. The molecule has 190 valence electrons. The number of rotatable bonds is 4. The number of nitrogens with two attached hydrogens (primary N) is 1. The van der Waals surface area contributed by atoms with E-state index in [1.54, 1.807) is 31.5 Å². The van der Waals surface area contributed by atoms with Gasteiger partial charge in [-0.3, -0.25) is 14.0 Å². The van der Waals surface area contributed by atoms with Gasteiger partial charge in [0.05, 0.1) is 0 Å². The first-order valence-corrected chi connectivity index (χ1v) is 12.6. The van der Waals surface area contributed by atoms with E-state index in [0.29, 0.717) is 28.4 Å². The van der Waals surface area contributed by atoms with E-state index in [4.69, 9.17) is 10.7 Å². The Morgan fingerprint density at radius 2 is 1.87 bits per heavy atom. The van der Waals surface area contributed by atoms with Gasteiger partial charge in [0.1, 0.15) is 34.2 Å². The first kappa shape index (κ1) is 23.7. The molecule has 6 rings (SSSR count). The molecule has 9 heteroatoms. The molecule has 2 aliphatic rings. The zero-order valence-corrected chi connectivity index (χ0v) is 21.2. The minimum absolute atomic E-state index is 0.161. The van der Waals surface area contributed by atoms with E-state index in [9.17, 15) is 9.59 Å². The van der Waals surface area contributed by atoms with E-state index in [1.165, 1.54) is 0 Å². The first-order chi connectivity index (χ1) is 18.4. The summed E-state index contributed by atoms with van der Waals surface area (Å²) in [6.07, 6.45) is 8.64. The average Bonchev–Trinajstić information content (AvgIpc) is 3.60. The third-order valence-corrected chi connectivity index (χ3v) is 7.64. The van der Waals surface area contributed by atoms with E-state index < -0.39 is 5.54 Å². The van der Waals surface area contributed by atoms with E-state index in [2.05, 4.69) is 27.1 Å². The predicted octanol–water partition coefficient (Wildman–Crippen LogP) is 3.94. The van der Waals surface area contributed by atoms with Crippen LogP contribution in [-0.2, 0) is 10.3 Å². The van der Waals surface area contributed by atoms with Crippen LogP contribution in [0.2, 0.25) is 0 Å². The Kier molecular flexibility index (Phi) is 5.60. The number of nitrogens with one attached hydrogen (secondary N) is 1. The molecular weight excluding hydrogens is 478 g/mol. The summed E-state index contributed by atoms with van der Waals surface area (Å²) in [7, 11) is 0. The van der Waals surface area contributed by atoms with Crippen LogP contribution in [0.5, 0.6) is 0 Å². The van der Waals surface area contributed by atoms with Crippen molar-refractivity contribution in [2.24, 2.45) is 0 Å². The number of pyridine rings is 1. The summed E-state index contributed by atoms with van der Waals surface area (Å²) in [5.74, 6) is 6.71. The van der Waals surface area contributed by atoms with Gasteiger partial charge >= 0.3 is 0 Å². The Bertz CT molecular complexity index is 1640. The molecule has 2 aliphatic heterocycles. The SMILES string of the molecule is CC#CC(=O)N1C2CCC1(c1nc(-c3ccc(C(=O)Nc4cc(C)ccn4)cc3)c3c(N)nccn13)CC2. The van der Waals surface area contributed by atoms with Gasteiger partial charge in [0.25, 0.3) is 11.8 Å². The van der Waals surface area contributed by atoms with Gasteiger partial charge in [0.15, 0.2) is 0 Å². The van der Waals surface area contributed by atoms with Crippen molar-refractivity contribution in [3.05, 3.63) is 71.9 Å². The molecule has 9 nitrogen and oxygen atoms in total. The van der Waals surface area contributed by atoms with Gasteiger partial charge in [0, 0.05) is 35.8 Å². The Morgan fingerprint density at radius 3 is 2.58 bits per heavy atom. The number of aromatic nitrogens is 4. The standard InChI is InChI=1S/C29H27N7O2/c1-3-4-23(37)36-21-9-12-29(36,13-10-21)28-34-24(25-26(30)32-15-16-35(25)28)19-5-7-20(8-6-19)27(38)33-22-17-18(2)11-14-31-22/h5-8,11,14-17,21H,9-10,12-13H2,1-2H3,(H2,30,32)(H,31,33,38). The molecule has 3 N–H and O–H groups in total. The number of carbonyl (C=O) groups is 2. The number of carbonyl (C=O) groups excluding carboxylic acids is 2. The first-order valence-electron chi connectivity index (χ1n) is 12.6. The number of fused-ring (bicyclic) bond motifs is 3. The zero-order chi connectivity index (χ0) is 26.4. The minimum Gasteiger partial charge on any atom is -0.382 e. The van der Waals surface area contributed by atoms with Crippen molar-refractivity contribution in [2.45, 2.75) is 51.1 Å². The fourth-order valence-corrected chi connectivity index (χ4v) is 5.95. The number of amides is 2. The predicted molar refractivity (Wildman–Crippen MR) is 144 cm³/mol. The van der Waals surface area contributed by atoms with Crippen molar-refractivity contribution in [1.82, 2.24) is 24.3 Å². The van der Waals surface area contributed by atoms with Crippen LogP contribution in [0.15, 0.2) is 55.0 Å². The second-order valence-electron chi connectivity index (χ2n) is 9.88. The third-order valence-electron chi connectivity index (χ3n) is 7.64. The highest BCUT2D eigenvalue weighted by Gasteiger charge is 2.57.